The molecule has 6 heteroatoms. The Balaban J connectivity index is 2.61. The summed E-state index contributed by atoms with van der Waals surface area (Å²) in [5.41, 5.74) is -0.180. The average Bonchev–Trinajstić information content (AvgIpc) is 2.72. The van der Waals surface area contributed by atoms with E-state index in [0.717, 1.165) is 6.26 Å². The predicted molar refractivity (Wildman–Crippen MR) is 56.0 cm³/mol. The van der Waals surface area contributed by atoms with Gasteiger partial charge in [-0.3, -0.25) is 0 Å². The molecule has 86 valence electrons. The number of carboxylic acid groups (broad SMARTS) is 1. The topological polar surface area (TPSA) is 95.6 Å². The third-order valence-corrected chi connectivity index (χ3v) is 1.80. The summed E-state index contributed by atoms with van der Waals surface area (Å²) >= 11 is 0. The van der Waals surface area contributed by atoms with Crippen LogP contribution in [-0.4, -0.2) is 33.8 Å². The summed E-state index contributed by atoms with van der Waals surface area (Å²) < 4.78 is 4.88. The van der Waals surface area contributed by atoms with E-state index >= 15 is 0 Å². The Morgan fingerprint density at radius 2 is 2.50 bits per heavy atom. The summed E-state index contributed by atoms with van der Waals surface area (Å²) in [5.74, 6) is 4.32. The van der Waals surface area contributed by atoms with Crippen LogP contribution in [0.4, 0.5) is 6.01 Å². The highest BCUT2D eigenvalue weighted by Crippen LogP contribution is 2.09. The molecule has 0 aliphatic carbocycles. The van der Waals surface area contributed by atoms with Crippen LogP contribution in [0.2, 0.25) is 0 Å². The Morgan fingerprint density at radius 1 is 1.75 bits per heavy atom. The maximum absolute atomic E-state index is 10.5. The first-order valence-electron chi connectivity index (χ1n) is 4.63. The number of oxazole rings is 1. The van der Waals surface area contributed by atoms with Gasteiger partial charge in [0.05, 0.1) is 12.6 Å². The second-order valence-corrected chi connectivity index (χ2v) is 3.00. The number of nitrogens with zero attached hydrogens (tertiary/aromatic N) is 1. The summed E-state index contributed by atoms with van der Waals surface area (Å²) in [4.78, 5) is 14.2. The van der Waals surface area contributed by atoms with E-state index in [9.17, 15) is 4.79 Å². The fourth-order valence-corrected chi connectivity index (χ4v) is 0.999. The van der Waals surface area contributed by atoms with Crippen molar-refractivity contribution in [3.05, 3.63) is 12.0 Å². The van der Waals surface area contributed by atoms with Gasteiger partial charge in [-0.2, -0.15) is 4.98 Å². The first-order chi connectivity index (χ1) is 7.67. The number of hydrogen-bond donors (Lipinski definition) is 3. The molecule has 0 saturated heterocycles. The number of hydrogen-bond acceptors (Lipinski definition) is 5. The Bertz CT molecular complexity index is 416. The molecule has 0 radical (unpaired) electrons. The van der Waals surface area contributed by atoms with Crippen molar-refractivity contribution in [2.24, 2.45) is 0 Å². The molecule has 16 heavy (non-hydrogen) atoms. The SMILES string of the molecule is CC#CCC(CO)Nc1nc(C(=O)O)co1. The second-order valence-electron chi connectivity index (χ2n) is 3.00. The van der Waals surface area contributed by atoms with Gasteiger partial charge in [0.15, 0.2) is 5.69 Å². The second kappa shape index (κ2) is 5.78. The summed E-state index contributed by atoms with van der Waals surface area (Å²) in [5, 5.41) is 20.4. The van der Waals surface area contributed by atoms with Crippen LogP contribution in [0, 0.1) is 11.8 Å². The van der Waals surface area contributed by atoms with Crippen molar-refractivity contribution in [2.75, 3.05) is 11.9 Å². The number of aromatic carboxylic acids is 1. The van der Waals surface area contributed by atoms with Gasteiger partial charge >= 0.3 is 5.97 Å². The van der Waals surface area contributed by atoms with Crippen molar-refractivity contribution in [3.8, 4) is 11.8 Å². The van der Waals surface area contributed by atoms with Crippen molar-refractivity contribution < 1.29 is 19.4 Å². The minimum Gasteiger partial charge on any atom is -0.476 e. The Labute approximate surface area is 92.3 Å². The van der Waals surface area contributed by atoms with Crippen molar-refractivity contribution in [1.82, 2.24) is 4.98 Å². The number of rotatable bonds is 5. The molecule has 6 nitrogen and oxygen atoms in total. The van der Waals surface area contributed by atoms with Gasteiger partial charge in [-0.25, -0.2) is 4.79 Å². The molecule has 0 amide bonds. The largest absolute Gasteiger partial charge is 0.476 e. The van der Waals surface area contributed by atoms with E-state index in [1.807, 2.05) is 0 Å². The summed E-state index contributed by atoms with van der Waals surface area (Å²) in [7, 11) is 0. The standard InChI is InChI=1S/C10H12N2O4/c1-2-3-4-7(5-13)11-10-12-8(6-16-10)9(14)15/h6-7,13H,4-5H2,1H3,(H,11,12)(H,14,15). The maximum atomic E-state index is 10.5. The molecule has 0 saturated carbocycles. The Kier molecular flexibility index (Phi) is 4.36. The van der Waals surface area contributed by atoms with Crippen LogP contribution in [-0.2, 0) is 0 Å². The lowest BCUT2D eigenvalue weighted by atomic mass is 10.2. The summed E-state index contributed by atoms with van der Waals surface area (Å²) in [6, 6.07) is -0.262. The molecule has 1 unspecified atom stereocenters. The van der Waals surface area contributed by atoms with Crippen molar-refractivity contribution in [3.63, 3.8) is 0 Å². The van der Waals surface area contributed by atoms with Gasteiger partial charge in [0.25, 0.3) is 6.01 Å². The molecule has 1 rings (SSSR count). The normalized spacial score (nSPS) is 11.4. The number of aliphatic hydroxyl groups is 1. The van der Waals surface area contributed by atoms with E-state index < -0.39 is 5.97 Å². The molecule has 0 aromatic carbocycles. The van der Waals surface area contributed by atoms with Crippen LogP contribution >= 0.6 is 0 Å². The van der Waals surface area contributed by atoms with E-state index in [2.05, 4.69) is 22.1 Å². The third kappa shape index (κ3) is 3.29. The molecule has 0 bridgehead atoms. The maximum Gasteiger partial charge on any atom is 0.357 e. The molecule has 0 aliphatic heterocycles. The van der Waals surface area contributed by atoms with Gasteiger partial charge in [-0.1, -0.05) is 0 Å². The van der Waals surface area contributed by atoms with Crippen LogP contribution in [0.15, 0.2) is 10.7 Å². The van der Waals surface area contributed by atoms with Crippen LogP contribution in [0.25, 0.3) is 0 Å². The van der Waals surface area contributed by atoms with Crippen molar-refractivity contribution in [2.45, 2.75) is 19.4 Å². The fourth-order valence-electron chi connectivity index (χ4n) is 0.999. The van der Waals surface area contributed by atoms with E-state index in [1.54, 1.807) is 6.92 Å². The molecule has 1 aromatic rings. The van der Waals surface area contributed by atoms with E-state index in [1.165, 1.54) is 0 Å². The van der Waals surface area contributed by atoms with Gasteiger partial charge in [0, 0.05) is 6.42 Å². The zero-order valence-electron chi connectivity index (χ0n) is 8.73. The lowest BCUT2D eigenvalue weighted by Crippen LogP contribution is -2.23. The van der Waals surface area contributed by atoms with Gasteiger partial charge in [-0.15, -0.1) is 11.8 Å². The third-order valence-electron chi connectivity index (χ3n) is 1.80. The lowest BCUT2D eigenvalue weighted by molar-refractivity contribution is 0.0690. The molecule has 0 spiro atoms. The summed E-state index contributed by atoms with van der Waals surface area (Å²) in [6.45, 7) is 1.56. The highest BCUT2D eigenvalue weighted by Gasteiger charge is 2.13. The number of nitrogens with one attached hydrogen (secondary N) is 1. The molecular formula is C10H12N2O4. The molecule has 1 aromatic heterocycles. The number of aromatic nitrogens is 1. The smallest absolute Gasteiger partial charge is 0.357 e. The number of anilines is 1. The van der Waals surface area contributed by atoms with Crippen molar-refractivity contribution in [1.29, 1.82) is 0 Å². The molecule has 0 fully saturated rings. The van der Waals surface area contributed by atoms with E-state index in [4.69, 9.17) is 14.6 Å². The minimum atomic E-state index is -1.16. The zero-order valence-corrected chi connectivity index (χ0v) is 8.73. The Hall–Kier alpha value is -2.00. The number of carboxylic acids is 1. The number of carbonyl (C=O) groups is 1. The van der Waals surface area contributed by atoms with E-state index in [0.29, 0.717) is 6.42 Å². The highest BCUT2D eigenvalue weighted by atomic mass is 16.4. The average molecular weight is 224 g/mol. The van der Waals surface area contributed by atoms with Crippen LogP contribution in [0.1, 0.15) is 23.8 Å². The highest BCUT2D eigenvalue weighted by molar-refractivity contribution is 5.85. The van der Waals surface area contributed by atoms with Gasteiger partial charge < -0.3 is 19.9 Å². The monoisotopic (exact) mass is 224 g/mol. The quantitative estimate of drug-likeness (QED) is 0.632. The molecular weight excluding hydrogens is 212 g/mol. The predicted octanol–water partition coefficient (Wildman–Crippen LogP) is 0.559. The summed E-state index contributed by atoms with van der Waals surface area (Å²) in [6.07, 6.45) is 1.46. The first kappa shape index (κ1) is 12.1. The van der Waals surface area contributed by atoms with Crippen LogP contribution in [0.3, 0.4) is 0 Å². The molecule has 1 atom stereocenters. The molecule has 3 N–H and O–H groups in total. The lowest BCUT2D eigenvalue weighted by Gasteiger charge is -2.10. The first-order valence-corrected chi connectivity index (χ1v) is 4.63. The molecule has 0 aliphatic rings. The minimum absolute atomic E-state index is 0.0642. The molecule has 1 heterocycles. The van der Waals surface area contributed by atoms with Crippen LogP contribution < -0.4 is 5.32 Å². The Morgan fingerprint density at radius 3 is 3.00 bits per heavy atom. The van der Waals surface area contributed by atoms with Gasteiger partial charge in [0.1, 0.15) is 6.26 Å². The van der Waals surface area contributed by atoms with E-state index in [-0.39, 0.29) is 24.4 Å². The van der Waals surface area contributed by atoms with Gasteiger partial charge in [0.2, 0.25) is 0 Å². The van der Waals surface area contributed by atoms with Crippen LogP contribution in [0.5, 0.6) is 0 Å². The van der Waals surface area contributed by atoms with Gasteiger partial charge in [-0.05, 0) is 6.92 Å². The number of aliphatic hydroxyl groups excluding tert-OH is 1. The fraction of sp³-hybridized carbons (Fsp3) is 0.400. The van der Waals surface area contributed by atoms with Crippen molar-refractivity contribution >= 4 is 12.0 Å². The zero-order chi connectivity index (χ0) is 12.0.